The topological polar surface area (TPSA) is 90.9 Å². The minimum atomic E-state index is -0.967. The van der Waals surface area contributed by atoms with Crippen molar-refractivity contribution in [2.24, 2.45) is 0 Å². The lowest BCUT2D eigenvalue weighted by atomic mass is 10.1. The SMILES string of the molecule is CN(C)CCOc1ccc(CCNC(=O)NCc2ccc(C(=O)O)cc2)cc1. The van der Waals surface area contributed by atoms with Gasteiger partial charge in [-0.25, -0.2) is 9.59 Å². The van der Waals surface area contributed by atoms with Gasteiger partial charge in [0.15, 0.2) is 0 Å². The van der Waals surface area contributed by atoms with E-state index < -0.39 is 5.97 Å². The van der Waals surface area contributed by atoms with Crippen LogP contribution in [-0.4, -0.2) is 55.8 Å². The summed E-state index contributed by atoms with van der Waals surface area (Å²) in [7, 11) is 4.01. The van der Waals surface area contributed by atoms with Gasteiger partial charge in [0.05, 0.1) is 5.56 Å². The molecule has 3 N–H and O–H groups in total. The summed E-state index contributed by atoms with van der Waals surface area (Å²) in [6.45, 7) is 2.37. The maximum absolute atomic E-state index is 11.9. The molecule has 0 aliphatic heterocycles. The van der Waals surface area contributed by atoms with E-state index in [9.17, 15) is 9.59 Å². The molecule has 0 atom stereocenters. The third kappa shape index (κ3) is 7.67. The average Bonchev–Trinajstić information content (AvgIpc) is 2.67. The number of ether oxygens (including phenoxy) is 1. The van der Waals surface area contributed by atoms with E-state index in [1.807, 2.05) is 38.4 Å². The number of nitrogens with zero attached hydrogens (tertiary/aromatic N) is 1. The van der Waals surface area contributed by atoms with E-state index in [1.54, 1.807) is 12.1 Å². The minimum absolute atomic E-state index is 0.224. The number of rotatable bonds is 10. The number of benzene rings is 2. The van der Waals surface area contributed by atoms with Crippen LogP contribution in [0.3, 0.4) is 0 Å². The Morgan fingerprint density at radius 2 is 1.61 bits per heavy atom. The largest absolute Gasteiger partial charge is 0.492 e. The van der Waals surface area contributed by atoms with Gasteiger partial charge in [0.1, 0.15) is 12.4 Å². The smallest absolute Gasteiger partial charge is 0.335 e. The summed E-state index contributed by atoms with van der Waals surface area (Å²) in [5.41, 5.74) is 2.18. The maximum atomic E-state index is 11.9. The first-order valence-corrected chi connectivity index (χ1v) is 9.14. The molecule has 7 nitrogen and oxygen atoms in total. The lowest BCUT2D eigenvalue weighted by Crippen LogP contribution is -2.36. The van der Waals surface area contributed by atoms with Crippen LogP contribution in [-0.2, 0) is 13.0 Å². The quantitative estimate of drug-likeness (QED) is 0.584. The number of carboxylic acids is 1. The van der Waals surface area contributed by atoms with E-state index in [-0.39, 0.29) is 11.6 Å². The zero-order valence-corrected chi connectivity index (χ0v) is 16.3. The maximum Gasteiger partial charge on any atom is 0.335 e. The molecular formula is C21H27N3O4. The van der Waals surface area contributed by atoms with Crippen LogP contribution < -0.4 is 15.4 Å². The van der Waals surface area contributed by atoms with Gasteiger partial charge in [-0.15, -0.1) is 0 Å². The van der Waals surface area contributed by atoms with Crippen molar-refractivity contribution in [3.05, 3.63) is 65.2 Å². The van der Waals surface area contributed by atoms with Gasteiger partial charge in [-0.2, -0.15) is 0 Å². The van der Waals surface area contributed by atoms with Crippen LogP contribution >= 0.6 is 0 Å². The molecule has 0 saturated carbocycles. The van der Waals surface area contributed by atoms with E-state index in [4.69, 9.17) is 9.84 Å². The Labute approximate surface area is 165 Å². The number of urea groups is 1. The molecule has 150 valence electrons. The Morgan fingerprint density at radius 3 is 2.21 bits per heavy atom. The van der Waals surface area contributed by atoms with Crippen molar-refractivity contribution in [3.63, 3.8) is 0 Å². The van der Waals surface area contributed by atoms with Gasteiger partial charge >= 0.3 is 12.0 Å². The Hall–Kier alpha value is -3.06. The molecule has 2 amide bonds. The number of amides is 2. The number of nitrogens with one attached hydrogen (secondary N) is 2. The first kappa shape index (κ1) is 21.2. The second-order valence-electron chi connectivity index (χ2n) is 6.66. The molecule has 2 aromatic rings. The fourth-order valence-corrected chi connectivity index (χ4v) is 2.43. The number of hydrogen-bond donors (Lipinski definition) is 3. The standard InChI is InChI=1S/C21H27N3O4/c1-24(2)13-14-28-19-9-5-16(6-10-19)11-12-22-21(27)23-15-17-3-7-18(8-4-17)20(25)26/h3-10H,11-15H2,1-2H3,(H,25,26)(H2,22,23,27). The number of hydrogen-bond acceptors (Lipinski definition) is 4. The summed E-state index contributed by atoms with van der Waals surface area (Å²) in [6, 6.07) is 14.0. The number of carbonyl (C=O) groups excluding carboxylic acids is 1. The fraction of sp³-hybridized carbons (Fsp3) is 0.333. The van der Waals surface area contributed by atoms with Gasteiger partial charge in [0, 0.05) is 19.6 Å². The molecule has 0 aromatic heterocycles. The van der Waals surface area contributed by atoms with E-state index in [1.165, 1.54) is 12.1 Å². The summed E-state index contributed by atoms with van der Waals surface area (Å²) < 4.78 is 5.65. The molecule has 2 rings (SSSR count). The molecule has 0 saturated heterocycles. The van der Waals surface area contributed by atoms with Gasteiger partial charge < -0.3 is 25.4 Å². The highest BCUT2D eigenvalue weighted by molar-refractivity contribution is 5.87. The normalized spacial score (nSPS) is 10.5. The van der Waals surface area contributed by atoms with Crippen LogP contribution in [0.1, 0.15) is 21.5 Å². The molecule has 0 bridgehead atoms. The second-order valence-corrected chi connectivity index (χ2v) is 6.66. The molecular weight excluding hydrogens is 358 g/mol. The van der Waals surface area contributed by atoms with Gasteiger partial charge in [-0.1, -0.05) is 24.3 Å². The summed E-state index contributed by atoms with van der Waals surface area (Å²) in [6.07, 6.45) is 0.721. The third-order valence-electron chi connectivity index (χ3n) is 4.08. The third-order valence-corrected chi connectivity index (χ3v) is 4.08. The number of likely N-dealkylation sites (N-methyl/N-ethyl adjacent to an activating group) is 1. The van der Waals surface area contributed by atoms with Crippen LogP contribution in [0.15, 0.2) is 48.5 Å². The predicted molar refractivity (Wildman–Crippen MR) is 108 cm³/mol. The summed E-state index contributed by atoms with van der Waals surface area (Å²) in [4.78, 5) is 24.7. The van der Waals surface area contributed by atoms with Crippen LogP contribution in [0.2, 0.25) is 0 Å². The van der Waals surface area contributed by atoms with Crippen molar-refractivity contribution in [2.45, 2.75) is 13.0 Å². The van der Waals surface area contributed by atoms with Crippen molar-refractivity contribution < 1.29 is 19.4 Å². The Bertz CT molecular complexity index is 758. The molecule has 28 heavy (non-hydrogen) atoms. The van der Waals surface area contributed by atoms with Crippen LogP contribution in [0, 0.1) is 0 Å². The highest BCUT2D eigenvalue weighted by atomic mass is 16.5. The van der Waals surface area contributed by atoms with Crippen molar-refractivity contribution in [3.8, 4) is 5.75 Å². The molecule has 0 radical (unpaired) electrons. The first-order valence-electron chi connectivity index (χ1n) is 9.14. The van der Waals surface area contributed by atoms with Crippen LogP contribution in [0.4, 0.5) is 4.79 Å². The summed E-state index contributed by atoms with van der Waals surface area (Å²) >= 11 is 0. The molecule has 0 aliphatic rings. The number of aromatic carboxylic acids is 1. The van der Waals surface area contributed by atoms with E-state index in [2.05, 4.69) is 15.5 Å². The molecule has 2 aromatic carbocycles. The lowest BCUT2D eigenvalue weighted by molar-refractivity contribution is 0.0697. The summed E-state index contributed by atoms with van der Waals surface area (Å²) in [5.74, 6) is -0.129. The fourth-order valence-electron chi connectivity index (χ4n) is 2.43. The van der Waals surface area contributed by atoms with Crippen molar-refractivity contribution in [1.29, 1.82) is 0 Å². The highest BCUT2D eigenvalue weighted by Gasteiger charge is 2.04. The number of carbonyl (C=O) groups is 2. The van der Waals surface area contributed by atoms with Crippen molar-refractivity contribution >= 4 is 12.0 Å². The zero-order chi connectivity index (χ0) is 20.4. The lowest BCUT2D eigenvalue weighted by Gasteiger charge is -2.11. The van der Waals surface area contributed by atoms with Gasteiger partial charge in [0.2, 0.25) is 0 Å². The predicted octanol–water partition coefficient (Wildman–Crippen LogP) is 2.37. The Morgan fingerprint density at radius 1 is 0.964 bits per heavy atom. The van der Waals surface area contributed by atoms with E-state index >= 15 is 0 Å². The van der Waals surface area contributed by atoms with Gasteiger partial charge in [-0.3, -0.25) is 0 Å². The van der Waals surface area contributed by atoms with Crippen LogP contribution in [0.25, 0.3) is 0 Å². The molecule has 0 fully saturated rings. The van der Waals surface area contributed by atoms with Gasteiger partial charge in [0.25, 0.3) is 0 Å². The monoisotopic (exact) mass is 385 g/mol. The summed E-state index contributed by atoms with van der Waals surface area (Å²) in [5, 5.41) is 14.4. The first-order chi connectivity index (χ1) is 13.4. The van der Waals surface area contributed by atoms with E-state index in [0.717, 1.165) is 29.8 Å². The number of carboxylic acid groups (broad SMARTS) is 1. The second kappa shape index (κ2) is 10.9. The van der Waals surface area contributed by atoms with Crippen molar-refractivity contribution in [1.82, 2.24) is 15.5 Å². The Kier molecular flexibility index (Phi) is 8.30. The minimum Gasteiger partial charge on any atom is -0.492 e. The van der Waals surface area contributed by atoms with Crippen LogP contribution in [0.5, 0.6) is 5.75 Å². The molecule has 0 spiro atoms. The van der Waals surface area contributed by atoms with Gasteiger partial charge in [-0.05, 0) is 55.9 Å². The molecule has 0 aliphatic carbocycles. The molecule has 0 unspecified atom stereocenters. The average molecular weight is 385 g/mol. The van der Waals surface area contributed by atoms with E-state index in [0.29, 0.717) is 19.7 Å². The van der Waals surface area contributed by atoms with Crippen molar-refractivity contribution in [2.75, 3.05) is 33.8 Å². The molecule has 7 heteroatoms. The Balaban J connectivity index is 1.65. The zero-order valence-electron chi connectivity index (χ0n) is 16.3. The highest BCUT2D eigenvalue weighted by Crippen LogP contribution is 2.12. The molecule has 0 heterocycles.